The van der Waals surface area contributed by atoms with Gasteiger partial charge in [-0.05, 0) is 61.1 Å². The quantitative estimate of drug-likeness (QED) is 0.590. The van der Waals surface area contributed by atoms with Crippen LogP contribution >= 0.6 is 0 Å². The van der Waals surface area contributed by atoms with Gasteiger partial charge in [-0.2, -0.15) is 5.26 Å². The first-order valence-electron chi connectivity index (χ1n) is 11.3. The Bertz CT molecular complexity index is 671. The number of hydrogen-bond acceptors (Lipinski definition) is 2. The van der Waals surface area contributed by atoms with E-state index >= 15 is 0 Å². The first kappa shape index (κ1) is 20.9. The van der Waals surface area contributed by atoms with Crippen LogP contribution in [-0.2, 0) is 10.2 Å². The molecule has 3 rings (SSSR count). The molecule has 0 heterocycles. The van der Waals surface area contributed by atoms with Gasteiger partial charge in [-0.1, -0.05) is 70.4 Å². The van der Waals surface area contributed by atoms with Crippen LogP contribution in [0.5, 0.6) is 0 Å². The zero-order chi connectivity index (χ0) is 20.0. The van der Waals surface area contributed by atoms with Crippen molar-refractivity contribution in [3.63, 3.8) is 0 Å². The summed E-state index contributed by atoms with van der Waals surface area (Å²) in [6.07, 6.45) is 14.5. The average molecular weight is 382 g/mol. The average Bonchev–Trinajstić information content (AvgIpc) is 2.74. The maximum absolute atomic E-state index is 12.2. The number of carboxylic acids is 1. The Hall–Kier alpha value is -1.82. The highest BCUT2D eigenvalue weighted by atomic mass is 16.4. The number of aliphatic carboxylic acids is 1. The van der Waals surface area contributed by atoms with E-state index in [9.17, 15) is 9.90 Å². The Morgan fingerprint density at radius 1 is 0.964 bits per heavy atom. The molecule has 0 unspecified atom stereocenters. The number of rotatable bonds is 7. The van der Waals surface area contributed by atoms with Gasteiger partial charge in [0.25, 0.3) is 0 Å². The minimum absolute atomic E-state index is 0.589. The predicted molar refractivity (Wildman–Crippen MR) is 112 cm³/mol. The van der Waals surface area contributed by atoms with Crippen molar-refractivity contribution < 1.29 is 9.90 Å². The van der Waals surface area contributed by atoms with Crippen LogP contribution in [-0.4, -0.2) is 11.1 Å². The molecule has 0 spiro atoms. The summed E-state index contributed by atoms with van der Waals surface area (Å²) in [5.74, 6) is 1.85. The summed E-state index contributed by atoms with van der Waals surface area (Å²) in [6, 6.07) is 9.32. The van der Waals surface area contributed by atoms with E-state index in [1.165, 1.54) is 51.4 Å². The van der Waals surface area contributed by atoms with Crippen LogP contribution in [0.3, 0.4) is 0 Å². The van der Waals surface area contributed by atoms with Crippen LogP contribution in [0.4, 0.5) is 0 Å². The highest BCUT2D eigenvalue weighted by molar-refractivity contribution is 5.81. The van der Waals surface area contributed by atoms with E-state index in [4.69, 9.17) is 5.26 Å². The minimum Gasteiger partial charge on any atom is -0.481 e. The highest BCUT2D eigenvalue weighted by Gasteiger charge is 2.43. The van der Waals surface area contributed by atoms with Crippen LogP contribution in [0.2, 0.25) is 0 Å². The summed E-state index contributed by atoms with van der Waals surface area (Å²) >= 11 is 0. The molecule has 2 aliphatic carbocycles. The molecule has 2 aliphatic rings. The second-order valence-corrected chi connectivity index (χ2v) is 9.27. The van der Waals surface area contributed by atoms with Crippen molar-refractivity contribution >= 4 is 5.97 Å². The van der Waals surface area contributed by atoms with Gasteiger partial charge in [0, 0.05) is 0 Å². The number of nitriles is 1. The molecule has 3 nitrogen and oxygen atoms in total. The molecule has 0 atom stereocenters. The minimum atomic E-state index is -0.761. The zero-order valence-corrected chi connectivity index (χ0v) is 17.3. The van der Waals surface area contributed by atoms with Gasteiger partial charge in [-0.3, -0.25) is 4.79 Å². The Morgan fingerprint density at radius 2 is 1.46 bits per heavy atom. The summed E-state index contributed by atoms with van der Waals surface area (Å²) in [6.45, 7) is 2.30. The van der Waals surface area contributed by atoms with Crippen molar-refractivity contribution in [1.82, 2.24) is 0 Å². The molecule has 28 heavy (non-hydrogen) atoms. The standard InChI is InChI=1S/C25H35NO2/c1-2-3-19-4-6-20(7-5-19)8-9-21-14-16-25(17-15-21,24(27)28)23-12-10-22(18-26)11-13-23/h10-13,19-21H,2-9,14-17H2,1H3,(H,27,28). The Morgan fingerprint density at radius 3 is 1.93 bits per heavy atom. The lowest BCUT2D eigenvalue weighted by Gasteiger charge is -2.38. The van der Waals surface area contributed by atoms with Gasteiger partial charge in [-0.15, -0.1) is 0 Å². The molecule has 0 aliphatic heterocycles. The third-order valence-electron chi connectivity index (χ3n) is 7.58. The Labute approximate surface area is 170 Å². The highest BCUT2D eigenvalue weighted by Crippen LogP contribution is 2.44. The maximum Gasteiger partial charge on any atom is 0.314 e. The van der Waals surface area contributed by atoms with Gasteiger partial charge in [0.05, 0.1) is 17.0 Å². The fourth-order valence-electron chi connectivity index (χ4n) is 5.64. The van der Waals surface area contributed by atoms with E-state index in [1.807, 2.05) is 12.1 Å². The van der Waals surface area contributed by atoms with Gasteiger partial charge in [0.1, 0.15) is 0 Å². The number of benzene rings is 1. The van der Waals surface area contributed by atoms with E-state index in [-0.39, 0.29) is 0 Å². The third kappa shape index (κ3) is 4.77. The van der Waals surface area contributed by atoms with E-state index in [0.29, 0.717) is 11.5 Å². The number of carbonyl (C=O) groups is 1. The molecule has 0 radical (unpaired) electrons. The van der Waals surface area contributed by atoms with Crippen molar-refractivity contribution in [3.05, 3.63) is 35.4 Å². The molecule has 1 N–H and O–H groups in total. The smallest absolute Gasteiger partial charge is 0.314 e. The molecule has 152 valence electrons. The van der Waals surface area contributed by atoms with Crippen LogP contribution in [0.25, 0.3) is 0 Å². The maximum atomic E-state index is 12.2. The van der Waals surface area contributed by atoms with Crippen LogP contribution in [0.15, 0.2) is 24.3 Å². The second-order valence-electron chi connectivity index (χ2n) is 9.27. The van der Waals surface area contributed by atoms with Gasteiger partial charge in [0.2, 0.25) is 0 Å². The van der Waals surface area contributed by atoms with Gasteiger partial charge in [0.15, 0.2) is 0 Å². The van der Waals surface area contributed by atoms with Gasteiger partial charge >= 0.3 is 5.97 Å². The van der Waals surface area contributed by atoms with Gasteiger partial charge in [-0.25, -0.2) is 0 Å². The van der Waals surface area contributed by atoms with Crippen molar-refractivity contribution in [2.75, 3.05) is 0 Å². The lowest BCUT2D eigenvalue weighted by molar-refractivity contribution is -0.145. The molecule has 1 aromatic rings. The molecule has 0 aromatic heterocycles. The lowest BCUT2D eigenvalue weighted by Crippen LogP contribution is -2.39. The largest absolute Gasteiger partial charge is 0.481 e. The van der Waals surface area contributed by atoms with Gasteiger partial charge < -0.3 is 5.11 Å². The Kier molecular flexibility index (Phi) is 7.16. The fourth-order valence-corrected chi connectivity index (χ4v) is 5.64. The summed E-state index contributed by atoms with van der Waals surface area (Å²) < 4.78 is 0. The SMILES string of the molecule is CCCC1CCC(CCC2CCC(C(=O)O)(c3ccc(C#N)cc3)CC2)CC1. The molecule has 3 heteroatoms. The van der Waals surface area contributed by atoms with Crippen molar-refractivity contribution in [2.24, 2.45) is 17.8 Å². The van der Waals surface area contributed by atoms with E-state index in [2.05, 4.69) is 13.0 Å². The number of carboxylic acid groups (broad SMARTS) is 1. The van der Waals surface area contributed by atoms with Crippen LogP contribution in [0, 0.1) is 29.1 Å². The molecule has 0 amide bonds. The summed E-state index contributed by atoms with van der Waals surface area (Å²) in [4.78, 5) is 12.2. The molecular weight excluding hydrogens is 346 g/mol. The second kappa shape index (κ2) is 9.59. The molecule has 1 aromatic carbocycles. The molecule has 0 saturated heterocycles. The molecule has 2 fully saturated rings. The van der Waals surface area contributed by atoms with Crippen molar-refractivity contribution in [3.8, 4) is 6.07 Å². The topological polar surface area (TPSA) is 61.1 Å². The van der Waals surface area contributed by atoms with E-state index in [0.717, 1.165) is 43.1 Å². The summed E-state index contributed by atoms with van der Waals surface area (Å²) in [5, 5.41) is 19.0. The number of nitrogens with zero attached hydrogens (tertiary/aromatic N) is 1. The first-order valence-corrected chi connectivity index (χ1v) is 11.3. The molecule has 2 saturated carbocycles. The third-order valence-corrected chi connectivity index (χ3v) is 7.58. The van der Waals surface area contributed by atoms with Crippen molar-refractivity contribution in [2.45, 2.75) is 89.4 Å². The van der Waals surface area contributed by atoms with E-state index < -0.39 is 11.4 Å². The summed E-state index contributed by atoms with van der Waals surface area (Å²) in [5.41, 5.74) is 0.696. The molecular formula is C25H35NO2. The lowest BCUT2D eigenvalue weighted by atomic mass is 9.65. The monoisotopic (exact) mass is 381 g/mol. The van der Waals surface area contributed by atoms with Crippen LogP contribution in [0.1, 0.15) is 95.1 Å². The van der Waals surface area contributed by atoms with Crippen molar-refractivity contribution in [1.29, 1.82) is 5.26 Å². The molecule has 0 bridgehead atoms. The van der Waals surface area contributed by atoms with E-state index in [1.54, 1.807) is 12.1 Å². The zero-order valence-electron chi connectivity index (χ0n) is 17.3. The van der Waals surface area contributed by atoms with Crippen LogP contribution < -0.4 is 0 Å². The fraction of sp³-hybridized carbons (Fsp3) is 0.680. The summed E-state index contributed by atoms with van der Waals surface area (Å²) in [7, 11) is 0. The normalized spacial score (nSPS) is 30.5. The Balaban J connectivity index is 1.51. The predicted octanol–water partition coefficient (Wildman–Crippen LogP) is 6.46. The number of hydrogen-bond donors (Lipinski definition) is 1. The first-order chi connectivity index (χ1) is 13.6.